The minimum atomic E-state index is -0.270. The van der Waals surface area contributed by atoms with Crippen molar-refractivity contribution in [1.29, 1.82) is 0 Å². The lowest BCUT2D eigenvalue weighted by atomic mass is 10.00. The van der Waals surface area contributed by atoms with Gasteiger partial charge in [0.15, 0.2) is 0 Å². The number of nitrogens with two attached hydrogens (primary N) is 1. The number of pyridine rings is 1. The summed E-state index contributed by atoms with van der Waals surface area (Å²) in [7, 11) is 0. The summed E-state index contributed by atoms with van der Waals surface area (Å²) in [6.07, 6.45) is 3.57. The smallest absolute Gasteiger partial charge is 0.128 e. The highest BCUT2D eigenvalue weighted by molar-refractivity contribution is 5.95. The van der Waals surface area contributed by atoms with Gasteiger partial charge in [-0.25, -0.2) is 4.39 Å². The van der Waals surface area contributed by atoms with E-state index in [9.17, 15) is 4.39 Å². The molecule has 2 aromatic carbocycles. The highest BCUT2D eigenvalue weighted by Crippen LogP contribution is 2.28. The summed E-state index contributed by atoms with van der Waals surface area (Å²) in [5.74, 6) is -0.270. The van der Waals surface area contributed by atoms with Crippen molar-refractivity contribution in [2.75, 3.05) is 0 Å². The molecule has 0 spiro atoms. The average Bonchev–Trinajstić information content (AvgIpc) is 2.46. The standard InChI is InChI=1S/C16H13FN2/c17-16-7-11(5-6-12(16)8-18)15-10-19-9-13-3-1-2-4-14(13)15/h1-7,9-10H,8,18H2. The van der Waals surface area contributed by atoms with Gasteiger partial charge in [-0.2, -0.15) is 0 Å². The Morgan fingerprint density at radius 1 is 1.05 bits per heavy atom. The van der Waals surface area contributed by atoms with E-state index in [-0.39, 0.29) is 12.4 Å². The maximum Gasteiger partial charge on any atom is 0.128 e. The lowest BCUT2D eigenvalue weighted by Crippen LogP contribution is -1.99. The summed E-state index contributed by atoms with van der Waals surface area (Å²) < 4.78 is 13.8. The fourth-order valence-electron chi connectivity index (χ4n) is 2.23. The molecule has 3 aromatic rings. The second-order valence-corrected chi connectivity index (χ2v) is 4.42. The molecule has 3 heteroatoms. The van der Waals surface area contributed by atoms with Crippen molar-refractivity contribution in [3.05, 3.63) is 66.2 Å². The third-order valence-electron chi connectivity index (χ3n) is 3.25. The summed E-state index contributed by atoms with van der Waals surface area (Å²) >= 11 is 0. The van der Waals surface area contributed by atoms with Gasteiger partial charge < -0.3 is 5.73 Å². The topological polar surface area (TPSA) is 38.9 Å². The molecule has 94 valence electrons. The van der Waals surface area contributed by atoms with Crippen molar-refractivity contribution < 1.29 is 4.39 Å². The van der Waals surface area contributed by atoms with Crippen LogP contribution in [0.25, 0.3) is 21.9 Å². The van der Waals surface area contributed by atoms with Crippen molar-refractivity contribution >= 4 is 10.8 Å². The van der Waals surface area contributed by atoms with E-state index in [0.717, 1.165) is 21.9 Å². The summed E-state index contributed by atoms with van der Waals surface area (Å²) in [5.41, 5.74) is 7.75. The zero-order valence-electron chi connectivity index (χ0n) is 10.3. The Bertz CT molecular complexity index is 732. The first kappa shape index (κ1) is 11.8. The van der Waals surface area contributed by atoms with Crippen LogP contribution in [0.3, 0.4) is 0 Å². The fraction of sp³-hybridized carbons (Fsp3) is 0.0625. The quantitative estimate of drug-likeness (QED) is 0.758. The van der Waals surface area contributed by atoms with Crippen molar-refractivity contribution in [1.82, 2.24) is 4.98 Å². The fourth-order valence-corrected chi connectivity index (χ4v) is 2.23. The molecule has 0 saturated carbocycles. The maximum absolute atomic E-state index is 13.8. The summed E-state index contributed by atoms with van der Waals surface area (Å²) in [6, 6.07) is 13.1. The van der Waals surface area contributed by atoms with Gasteiger partial charge in [0.25, 0.3) is 0 Å². The molecule has 2 N–H and O–H groups in total. The molecule has 0 amide bonds. The zero-order valence-corrected chi connectivity index (χ0v) is 10.3. The molecule has 1 heterocycles. The van der Waals surface area contributed by atoms with Crippen LogP contribution in [0.2, 0.25) is 0 Å². The van der Waals surface area contributed by atoms with Gasteiger partial charge in [0.1, 0.15) is 5.82 Å². The van der Waals surface area contributed by atoms with Crippen LogP contribution in [0.15, 0.2) is 54.9 Å². The molecule has 0 aliphatic carbocycles. The summed E-state index contributed by atoms with van der Waals surface area (Å²) in [4.78, 5) is 4.21. The van der Waals surface area contributed by atoms with E-state index in [1.165, 1.54) is 6.07 Å². The Kier molecular flexibility index (Phi) is 2.97. The maximum atomic E-state index is 13.8. The van der Waals surface area contributed by atoms with E-state index >= 15 is 0 Å². The van der Waals surface area contributed by atoms with Crippen LogP contribution in [0.5, 0.6) is 0 Å². The van der Waals surface area contributed by atoms with Gasteiger partial charge in [0, 0.05) is 35.5 Å². The molecule has 0 unspecified atom stereocenters. The van der Waals surface area contributed by atoms with Crippen molar-refractivity contribution in [2.45, 2.75) is 6.54 Å². The van der Waals surface area contributed by atoms with Crippen molar-refractivity contribution in [3.8, 4) is 11.1 Å². The van der Waals surface area contributed by atoms with E-state index in [0.29, 0.717) is 5.56 Å². The lowest BCUT2D eigenvalue weighted by molar-refractivity contribution is 0.611. The molecule has 3 rings (SSSR count). The second-order valence-electron chi connectivity index (χ2n) is 4.42. The lowest BCUT2D eigenvalue weighted by Gasteiger charge is -2.08. The molecule has 2 nitrogen and oxygen atoms in total. The highest BCUT2D eigenvalue weighted by Gasteiger charge is 2.07. The van der Waals surface area contributed by atoms with Gasteiger partial charge in [-0.15, -0.1) is 0 Å². The number of aromatic nitrogens is 1. The number of rotatable bonds is 2. The highest BCUT2D eigenvalue weighted by atomic mass is 19.1. The summed E-state index contributed by atoms with van der Waals surface area (Å²) in [5, 5.41) is 2.11. The first-order valence-electron chi connectivity index (χ1n) is 6.11. The minimum absolute atomic E-state index is 0.208. The number of nitrogens with zero attached hydrogens (tertiary/aromatic N) is 1. The second kappa shape index (κ2) is 4.78. The molecule has 0 aliphatic heterocycles. The van der Waals surface area contributed by atoms with Gasteiger partial charge in [-0.05, 0) is 17.0 Å². The first-order valence-corrected chi connectivity index (χ1v) is 6.11. The van der Waals surface area contributed by atoms with Crippen LogP contribution >= 0.6 is 0 Å². The molecule has 1 aromatic heterocycles. The van der Waals surface area contributed by atoms with Crippen LogP contribution in [-0.2, 0) is 6.54 Å². The third-order valence-corrected chi connectivity index (χ3v) is 3.25. The third kappa shape index (κ3) is 2.09. The van der Waals surface area contributed by atoms with Crippen LogP contribution in [-0.4, -0.2) is 4.98 Å². The monoisotopic (exact) mass is 252 g/mol. The number of fused-ring (bicyclic) bond motifs is 1. The summed E-state index contributed by atoms with van der Waals surface area (Å²) in [6.45, 7) is 0.208. The van der Waals surface area contributed by atoms with Gasteiger partial charge in [0.05, 0.1) is 0 Å². The minimum Gasteiger partial charge on any atom is -0.326 e. The van der Waals surface area contributed by atoms with E-state index in [1.54, 1.807) is 12.3 Å². The largest absolute Gasteiger partial charge is 0.326 e. The predicted octanol–water partition coefficient (Wildman–Crippen LogP) is 3.50. The Morgan fingerprint density at radius 2 is 1.89 bits per heavy atom. The van der Waals surface area contributed by atoms with E-state index in [2.05, 4.69) is 4.98 Å². The van der Waals surface area contributed by atoms with Gasteiger partial charge >= 0.3 is 0 Å². The molecular formula is C16H13FN2. The van der Waals surface area contributed by atoms with Gasteiger partial charge in [0.2, 0.25) is 0 Å². The van der Waals surface area contributed by atoms with Crippen LogP contribution < -0.4 is 5.73 Å². The van der Waals surface area contributed by atoms with Gasteiger partial charge in [-0.3, -0.25) is 4.98 Å². The zero-order chi connectivity index (χ0) is 13.2. The molecule has 0 atom stereocenters. The Hall–Kier alpha value is -2.26. The SMILES string of the molecule is NCc1ccc(-c2cncc3ccccc23)cc1F. The van der Waals surface area contributed by atoms with Crippen LogP contribution in [0, 0.1) is 5.82 Å². The molecule has 0 radical (unpaired) electrons. The number of hydrogen-bond donors (Lipinski definition) is 1. The first-order chi connectivity index (χ1) is 9.29. The molecule has 0 bridgehead atoms. The Balaban J connectivity index is 2.22. The number of hydrogen-bond acceptors (Lipinski definition) is 2. The molecule has 0 aliphatic rings. The molecule has 19 heavy (non-hydrogen) atoms. The van der Waals surface area contributed by atoms with Crippen molar-refractivity contribution in [2.24, 2.45) is 5.73 Å². The number of benzene rings is 2. The van der Waals surface area contributed by atoms with Gasteiger partial charge in [-0.1, -0.05) is 36.4 Å². The predicted molar refractivity (Wildman–Crippen MR) is 75.0 cm³/mol. The molecule has 0 fully saturated rings. The van der Waals surface area contributed by atoms with E-state index < -0.39 is 0 Å². The Labute approximate surface area is 110 Å². The Morgan fingerprint density at radius 3 is 2.68 bits per heavy atom. The van der Waals surface area contributed by atoms with E-state index in [1.807, 2.05) is 36.5 Å². The number of halogens is 1. The normalized spacial score (nSPS) is 10.8. The van der Waals surface area contributed by atoms with Crippen LogP contribution in [0.4, 0.5) is 4.39 Å². The van der Waals surface area contributed by atoms with Crippen molar-refractivity contribution in [3.63, 3.8) is 0 Å². The average molecular weight is 252 g/mol. The molecular weight excluding hydrogens is 239 g/mol. The van der Waals surface area contributed by atoms with Crippen LogP contribution in [0.1, 0.15) is 5.56 Å². The van der Waals surface area contributed by atoms with E-state index in [4.69, 9.17) is 5.73 Å². The molecule has 0 saturated heterocycles.